The van der Waals surface area contributed by atoms with Crippen LogP contribution in [0, 0.1) is 4.64 Å². The molecule has 3 aromatic carbocycles. The number of fused-ring (bicyclic) bond motifs is 1. The minimum atomic E-state index is -1.19. The average molecular weight is 597 g/mol. The van der Waals surface area contributed by atoms with Crippen molar-refractivity contribution in [1.82, 2.24) is 19.5 Å². The van der Waals surface area contributed by atoms with Gasteiger partial charge in [-0.1, -0.05) is 66.8 Å². The molecule has 1 fully saturated rings. The van der Waals surface area contributed by atoms with E-state index < -0.39 is 42.4 Å². The Hall–Kier alpha value is -5.20. The standard InChI is InChI=1S/C31H24N4O7S/c36-29(19-10-4-1-5-11-19)39-16-22-24(41-30(37)20-12-6-2-7-13-20)25(42-31(38)21-14-8-3-9-15-21)28(40-22)35-18-34-23-26(35)32-17-33-27(23)43/h1-15,17-18,22,24-25,28H,16H2,(H,32,33,43)/t22-,24+,25+,28-/m1/s1. The van der Waals surface area contributed by atoms with Crippen LogP contribution in [0.5, 0.6) is 0 Å². The molecule has 1 aliphatic heterocycles. The molecule has 0 bridgehead atoms. The van der Waals surface area contributed by atoms with Gasteiger partial charge in [0.25, 0.3) is 0 Å². The maximum Gasteiger partial charge on any atom is 0.338 e. The summed E-state index contributed by atoms with van der Waals surface area (Å²) in [5.74, 6) is -1.93. The van der Waals surface area contributed by atoms with E-state index in [2.05, 4.69) is 15.0 Å². The molecule has 0 radical (unpaired) electrons. The molecule has 0 amide bonds. The molecule has 4 atom stereocenters. The van der Waals surface area contributed by atoms with Crippen LogP contribution < -0.4 is 0 Å². The van der Waals surface area contributed by atoms with Gasteiger partial charge in [0, 0.05) is 0 Å². The minimum absolute atomic E-state index is 0.253. The Morgan fingerprint density at radius 3 is 1.88 bits per heavy atom. The molecule has 2 aromatic heterocycles. The van der Waals surface area contributed by atoms with Crippen LogP contribution in [0.3, 0.4) is 0 Å². The number of aromatic amines is 1. The number of carbonyl (C=O) groups is 3. The largest absolute Gasteiger partial charge is 0.459 e. The Labute approximate surface area is 250 Å². The first-order valence-corrected chi connectivity index (χ1v) is 13.7. The number of imidazole rings is 1. The van der Waals surface area contributed by atoms with Crippen molar-refractivity contribution >= 4 is 41.3 Å². The lowest BCUT2D eigenvalue weighted by atomic mass is 10.1. The molecule has 216 valence electrons. The first-order chi connectivity index (χ1) is 21.0. The number of hydrogen-bond donors (Lipinski definition) is 1. The molecular formula is C31H24N4O7S. The number of carbonyl (C=O) groups excluding carboxylic acids is 3. The summed E-state index contributed by atoms with van der Waals surface area (Å²) in [7, 11) is 0. The second-order valence-electron chi connectivity index (χ2n) is 9.56. The smallest absolute Gasteiger partial charge is 0.338 e. The molecule has 1 saturated heterocycles. The molecule has 0 aliphatic carbocycles. The van der Waals surface area contributed by atoms with Gasteiger partial charge in [-0.25, -0.2) is 24.4 Å². The van der Waals surface area contributed by atoms with E-state index in [1.807, 2.05) is 0 Å². The Morgan fingerprint density at radius 2 is 1.30 bits per heavy atom. The van der Waals surface area contributed by atoms with Gasteiger partial charge in [0.2, 0.25) is 0 Å². The molecule has 12 heteroatoms. The van der Waals surface area contributed by atoms with Crippen LogP contribution in [0.4, 0.5) is 0 Å². The first kappa shape index (κ1) is 27.9. The number of nitrogens with zero attached hydrogens (tertiary/aromatic N) is 3. The second kappa shape index (κ2) is 12.3. The number of hydrogen-bond acceptors (Lipinski definition) is 10. The highest BCUT2D eigenvalue weighted by molar-refractivity contribution is 7.71. The van der Waals surface area contributed by atoms with Crippen molar-refractivity contribution in [1.29, 1.82) is 0 Å². The zero-order chi connectivity index (χ0) is 29.8. The van der Waals surface area contributed by atoms with Crippen LogP contribution in [-0.2, 0) is 18.9 Å². The molecule has 43 heavy (non-hydrogen) atoms. The number of rotatable bonds is 8. The first-order valence-electron chi connectivity index (χ1n) is 13.3. The number of esters is 3. The van der Waals surface area contributed by atoms with Gasteiger partial charge in [-0.3, -0.25) is 4.57 Å². The van der Waals surface area contributed by atoms with E-state index in [0.29, 0.717) is 16.7 Å². The molecule has 0 spiro atoms. The predicted molar refractivity (Wildman–Crippen MR) is 155 cm³/mol. The van der Waals surface area contributed by atoms with Gasteiger partial charge in [0.1, 0.15) is 23.9 Å². The quantitative estimate of drug-likeness (QED) is 0.153. The fourth-order valence-corrected chi connectivity index (χ4v) is 4.95. The number of nitrogens with one attached hydrogen (secondary N) is 1. The van der Waals surface area contributed by atoms with Gasteiger partial charge in [-0.15, -0.1) is 0 Å². The summed E-state index contributed by atoms with van der Waals surface area (Å²) in [6.45, 7) is -0.305. The molecule has 5 aromatic rings. The van der Waals surface area contributed by atoms with Crippen LogP contribution in [0.15, 0.2) is 104 Å². The number of ether oxygens (including phenoxy) is 4. The van der Waals surface area contributed by atoms with Gasteiger partial charge in [-0.05, 0) is 36.4 Å². The number of benzene rings is 3. The molecule has 0 saturated carbocycles. The highest BCUT2D eigenvalue weighted by Crippen LogP contribution is 2.36. The maximum atomic E-state index is 13.3. The molecule has 1 N–H and O–H groups in total. The van der Waals surface area contributed by atoms with Crippen molar-refractivity contribution in [2.75, 3.05) is 6.61 Å². The van der Waals surface area contributed by atoms with Crippen LogP contribution in [0.25, 0.3) is 11.2 Å². The normalized spacial score (nSPS) is 19.5. The Kier molecular flexibility index (Phi) is 8.03. The summed E-state index contributed by atoms with van der Waals surface area (Å²) < 4.78 is 25.7. The average Bonchev–Trinajstić information content (AvgIpc) is 3.63. The lowest BCUT2D eigenvalue weighted by Crippen LogP contribution is -2.41. The Morgan fingerprint density at radius 1 is 0.767 bits per heavy atom. The van der Waals surface area contributed by atoms with Crippen molar-refractivity contribution in [2.24, 2.45) is 0 Å². The Balaban J connectivity index is 1.37. The van der Waals surface area contributed by atoms with Crippen LogP contribution in [0.2, 0.25) is 0 Å². The summed E-state index contributed by atoms with van der Waals surface area (Å²) in [6.07, 6.45) is -1.58. The SMILES string of the molecule is O=C(OC[C@H]1O[C@@H](n2cnc3c(=S)nc[nH]c32)[C@@H](OC(=O)c2ccccc2)[C@H]1OC(=O)c1ccccc1)c1ccccc1. The van der Waals surface area contributed by atoms with Gasteiger partial charge >= 0.3 is 17.9 Å². The summed E-state index contributed by atoms with van der Waals surface area (Å²) >= 11 is 5.32. The highest BCUT2D eigenvalue weighted by Gasteiger charge is 2.51. The molecule has 0 unspecified atom stereocenters. The molecular weight excluding hydrogens is 572 g/mol. The van der Waals surface area contributed by atoms with Crippen molar-refractivity contribution in [3.63, 3.8) is 0 Å². The Bertz CT molecular complexity index is 1810. The van der Waals surface area contributed by atoms with Gasteiger partial charge < -0.3 is 23.9 Å². The summed E-state index contributed by atoms with van der Waals surface area (Å²) in [6, 6.07) is 25.2. The fraction of sp³-hybridized carbons (Fsp3) is 0.161. The zero-order valence-electron chi connectivity index (χ0n) is 22.4. The van der Waals surface area contributed by atoms with Crippen molar-refractivity contribution < 1.29 is 33.3 Å². The maximum absolute atomic E-state index is 13.3. The molecule has 3 heterocycles. The minimum Gasteiger partial charge on any atom is -0.459 e. The third kappa shape index (κ3) is 5.92. The van der Waals surface area contributed by atoms with E-state index >= 15 is 0 Å². The monoisotopic (exact) mass is 596 g/mol. The van der Waals surface area contributed by atoms with Gasteiger partial charge in [-0.2, -0.15) is 0 Å². The molecule has 6 rings (SSSR count). The number of aromatic nitrogens is 4. The number of H-pyrrole nitrogens is 1. The van der Waals surface area contributed by atoms with Crippen molar-refractivity contribution in [3.8, 4) is 0 Å². The van der Waals surface area contributed by atoms with Crippen LogP contribution >= 0.6 is 12.2 Å². The van der Waals surface area contributed by atoms with E-state index in [1.54, 1.807) is 95.6 Å². The lowest BCUT2D eigenvalue weighted by Gasteiger charge is -2.25. The molecule has 1 aliphatic rings. The molecule has 11 nitrogen and oxygen atoms in total. The third-order valence-corrected chi connectivity index (χ3v) is 7.13. The van der Waals surface area contributed by atoms with Crippen LogP contribution in [-0.4, -0.2) is 62.3 Å². The van der Waals surface area contributed by atoms with Gasteiger partial charge in [0.05, 0.1) is 29.3 Å². The predicted octanol–water partition coefficient (Wildman–Crippen LogP) is 4.69. The summed E-state index contributed by atoms with van der Waals surface area (Å²) in [5, 5.41) is 0. The van der Waals surface area contributed by atoms with E-state index in [4.69, 9.17) is 31.2 Å². The van der Waals surface area contributed by atoms with Crippen LogP contribution in [0.1, 0.15) is 37.3 Å². The van der Waals surface area contributed by atoms with Gasteiger partial charge in [0.15, 0.2) is 23.1 Å². The van der Waals surface area contributed by atoms with E-state index in [0.717, 1.165) is 0 Å². The van der Waals surface area contributed by atoms with E-state index in [1.165, 1.54) is 12.7 Å². The van der Waals surface area contributed by atoms with E-state index in [-0.39, 0.29) is 22.4 Å². The van der Waals surface area contributed by atoms with Crippen molar-refractivity contribution in [2.45, 2.75) is 24.5 Å². The summed E-state index contributed by atoms with van der Waals surface area (Å²) in [5.41, 5.74) is 1.74. The third-order valence-electron chi connectivity index (χ3n) is 6.83. The second-order valence-corrected chi connectivity index (χ2v) is 9.94. The van der Waals surface area contributed by atoms with Crippen molar-refractivity contribution in [3.05, 3.63) is 125 Å². The highest BCUT2D eigenvalue weighted by atomic mass is 32.1. The fourth-order valence-electron chi connectivity index (χ4n) is 4.75. The lowest BCUT2D eigenvalue weighted by molar-refractivity contribution is -0.0606. The van der Waals surface area contributed by atoms with E-state index in [9.17, 15) is 14.4 Å². The summed E-state index contributed by atoms with van der Waals surface area (Å²) in [4.78, 5) is 50.8. The zero-order valence-corrected chi connectivity index (χ0v) is 23.3. The topological polar surface area (TPSA) is 135 Å².